The van der Waals surface area contributed by atoms with Gasteiger partial charge in [-0.1, -0.05) is 40.5 Å². The maximum atomic E-state index is 12.3. The van der Waals surface area contributed by atoms with E-state index in [1.54, 1.807) is 0 Å². The minimum Gasteiger partial charge on any atom is -0.356 e. The Morgan fingerprint density at radius 3 is 2.55 bits per heavy atom. The first kappa shape index (κ1) is 17.0. The maximum Gasteiger partial charge on any atom is 0.227 e. The van der Waals surface area contributed by atoms with Crippen molar-refractivity contribution in [2.24, 2.45) is 11.3 Å². The highest BCUT2D eigenvalue weighted by Crippen LogP contribution is 2.23. The molecule has 1 aliphatic heterocycles. The van der Waals surface area contributed by atoms with Crippen LogP contribution < -0.4 is 5.32 Å². The van der Waals surface area contributed by atoms with E-state index in [1.807, 2.05) is 25.7 Å². The highest BCUT2D eigenvalue weighted by molar-refractivity contribution is 5.83. The summed E-state index contributed by atoms with van der Waals surface area (Å²) < 4.78 is 0. The van der Waals surface area contributed by atoms with Gasteiger partial charge in [-0.15, -0.1) is 0 Å². The van der Waals surface area contributed by atoms with Crippen molar-refractivity contribution in [1.82, 2.24) is 10.2 Å². The average molecular weight is 282 g/mol. The third-order valence-electron chi connectivity index (χ3n) is 3.80. The minimum atomic E-state index is -0.362. The van der Waals surface area contributed by atoms with Crippen LogP contribution in [0.15, 0.2) is 0 Å². The van der Waals surface area contributed by atoms with E-state index in [-0.39, 0.29) is 23.1 Å². The molecule has 1 unspecified atom stereocenters. The Hall–Kier alpha value is -1.06. The van der Waals surface area contributed by atoms with Gasteiger partial charge in [0.15, 0.2) is 0 Å². The van der Waals surface area contributed by atoms with Gasteiger partial charge in [0.25, 0.3) is 0 Å². The number of carbonyl (C=O) groups excluding carboxylic acids is 2. The number of nitrogens with one attached hydrogen (secondary N) is 1. The van der Waals surface area contributed by atoms with Gasteiger partial charge < -0.3 is 10.2 Å². The maximum absolute atomic E-state index is 12.3. The number of hydrogen-bond acceptors (Lipinski definition) is 2. The Morgan fingerprint density at radius 1 is 1.25 bits per heavy atom. The van der Waals surface area contributed by atoms with Gasteiger partial charge in [-0.2, -0.15) is 0 Å². The fourth-order valence-electron chi connectivity index (χ4n) is 2.58. The number of nitrogens with zero attached hydrogens (tertiary/aromatic N) is 1. The molecule has 1 N–H and O–H groups in total. The van der Waals surface area contributed by atoms with E-state index >= 15 is 0 Å². The van der Waals surface area contributed by atoms with Gasteiger partial charge >= 0.3 is 0 Å². The predicted octanol–water partition coefficient (Wildman–Crippen LogP) is 2.58. The van der Waals surface area contributed by atoms with Gasteiger partial charge in [-0.05, 0) is 19.3 Å². The standard InChI is InChI=1S/C16H30N2O2/c1-5-6-7-10-17-14(19)13-9-8-11-18(12-13)15(20)16(2,3)4/h13H,5-12H2,1-4H3,(H,17,19). The third kappa shape index (κ3) is 5.14. The monoisotopic (exact) mass is 282 g/mol. The van der Waals surface area contributed by atoms with Gasteiger partial charge in [-0.25, -0.2) is 0 Å². The summed E-state index contributed by atoms with van der Waals surface area (Å²) in [5.74, 6) is 0.241. The molecule has 0 aromatic heterocycles. The molecule has 0 spiro atoms. The van der Waals surface area contributed by atoms with Crippen LogP contribution in [-0.4, -0.2) is 36.3 Å². The molecule has 2 amide bonds. The number of carbonyl (C=O) groups is 2. The Bertz CT molecular complexity index is 334. The van der Waals surface area contributed by atoms with Crippen molar-refractivity contribution < 1.29 is 9.59 Å². The number of unbranched alkanes of at least 4 members (excludes halogenated alkanes) is 2. The topological polar surface area (TPSA) is 49.4 Å². The summed E-state index contributed by atoms with van der Waals surface area (Å²) in [7, 11) is 0. The summed E-state index contributed by atoms with van der Waals surface area (Å²) in [5, 5.41) is 3.01. The summed E-state index contributed by atoms with van der Waals surface area (Å²) in [6.45, 7) is 10.1. The van der Waals surface area contributed by atoms with Crippen LogP contribution in [0.4, 0.5) is 0 Å². The van der Waals surface area contributed by atoms with Gasteiger partial charge in [-0.3, -0.25) is 9.59 Å². The average Bonchev–Trinajstić information content (AvgIpc) is 2.41. The fourth-order valence-corrected chi connectivity index (χ4v) is 2.58. The molecule has 0 saturated carbocycles. The van der Waals surface area contributed by atoms with E-state index in [1.165, 1.54) is 0 Å². The zero-order valence-electron chi connectivity index (χ0n) is 13.5. The molecule has 1 rings (SSSR count). The molecule has 4 heteroatoms. The first-order valence-corrected chi connectivity index (χ1v) is 7.93. The normalized spacial score (nSPS) is 19.8. The van der Waals surface area contributed by atoms with Gasteiger partial charge in [0.05, 0.1) is 5.92 Å². The largest absolute Gasteiger partial charge is 0.356 e. The summed E-state index contributed by atoms with van der Waals surface area (Å²) in [4.78, 5) is 26.3. The fraction of sp³-hybridized carbons (Fsp3) is 0.875. The van der Waals surface area contributed by atoms with E-state index < -0.39 is 0 Å². The second-order valence-corrected chi connectivity index (χ2v) is 6.84. The summed E-state index contributed by atoms with van der Waals surface area (Å²) >= 11 is 0. The van der Waals surface area contributed by atoms with E-state index in [0.29, 0.717) is 6.54 Å². The molecule has 1 heterocycles. The van der Waals surface area contributed by atoms with Crippen LogP contribution >= 0.6 is 0 Å². The summed E-state index contributed by atoms with van der Waals surface area (Å²) in [5.41, 5.74) is -0.362. The first-order chi connectivity index (χ1) is 9.36. The van der Waals surface area contributed by atoms with E-state index in [9.17, 15) is 9.59 Å². The van der Waals surface area contributed by atoms with Gasteiger partial charge in [0.1, 0.15) is 0 Å². The molecule has 116 valence electrons. The summed E-state index contributed by atoms with van der Waals surface area (Å²) in [6, 6.07) is 0. The van der Waals surface area contributed by atoms with Crippen molar-refractivity contribution in [2.75, 3.05) is 19.6 Å². The number of rotatable bonds is 5. The molecule has 0 aromatic carbocycles. The molecular formula is C16H30N2O2. The quantitative estimate of drug-likeness (QED) is 0.788. The second-order valence-electron chi connectivity index (χ2n) is 6.84. The van der Waals surface area contributed by atoms with E-state index in [4.69, 9.17) is 0 Å². The van der Waals surface area contributed by atoms with Gasteiger partial charge in [0.2, 0.25) is 11.8 Å². The van der Waals surface area contributed by atoms with Crippen LogP contribution in [-0.2, 0) is 9.59 Å². The number of piperidine rings is 1. The molecule has 4 nitrogen and oxygen atoms in total. The molecular weight excluding hydrogens is 252 g/mol. The van der Waals surface area contributed by atoms with Crippen molar-refractivity contribution in [3.8, 4) is 0 Å². The lowest BCUT2D eigenvalue weighted by Gasteiger charge is -2.35. The minimum absolute atomic E-state index is 0.0309. The Morgan fingerprint density at radius 2 is 1.95 bits per heavy atom. The van der Waals surface area contributed by atoms with Crippen molar-refractivity contribution in [3.05, 3.63) is 0 Å². The lowest BCUT2D eigenvalue weighted by Crippen LogP contribution is -2.48. The lowest BCUT2D eigenvalue weighted by molar-refractivity contribution is -0.142. The highest BCUT2D eigenvalue weighted by atomic mass is 16.2. The smallest absolute Gasteiger partial charge is 0.227 e. The van der Waals surface area contributed by atoms with Crippen molar-refractivity contribution >= 4 is 11.8 Å². The van der Waals surface area contributed by atoms with Crippen LogP contribution in [0.3, 0.4) is 0 Å². The molecule has 0 radical (unpaired) electrons. The predicted molar refractivity (Wildman–Crippen MR) is 81.3 cm³/mol. The molecule has 0 aromatic rings. The van der Waals surface area contributed by atoms with Gasteiger partial charge in [0, 0.05) is 25.0 Å². The number of hydrogen-bond donors (Lipinski definition) is 1. The number of likely N-dealkylation sites (tertiary alicyclic amines) is 1. The van der Waals surface area contributed by atoms with Crippen LogP contribution in [0.5, 0.6) is 0 Å². The van der Waals surface area contributed by atoms with Crippen molar-refractivity contribution in [2.45, 2.75) is 59.8 Å². The Balaban J connectivity index is 2.44. The molecule has 0 bridgehead atoms. The van der Waals surface area contributed by atoms with Crippen LogP contribution in [0, 0.1) is 11.3 Å². The molecule has 1 saturated heterocycles. The van der Waals surface area contributed by atoms with E-state index in [2.05, 4.69) is 12.2 Å². The zero-order chi connectivity index (χ0) is 15.2. The Kier molecular flexibility index (Phi) is 6.50. The van der Waals surface area contributed by atoms with Crippen molar-refractivity contribution in [1.29, 1.82) is 0 Å². The van der Waals surface area contributed by atoms with E-state index in [0.717, 1.165) is 45.2 Å². The lowest BCUT2D eigenvalue weighted by atomic mass is 9.91. The molecule has 0 aliphatic carbocycles. The molecule has 1 fully saturated rings. The van der Waals surface area contributed by atoms with Crippen molar-refractivity contribution in [3.63, 3.8) is 0 Å². The highest BCUT2D eigenvalue weighted by Gasteiger charge is 2.33. The molecule has 1 atom stereocenters. The first-order valence-electron chi connectivity index (χ1n) is 7.93. The third-order valence-corrected chi connectivity index (χ3v) is 3.80. The van der Waals surface area contributed by atoms with Crippen LogP contribution in [0.2, 0.25) is 0 Å². The second kappa shape index (κ2) is 7.65. The van der Waals surface area contributed by atoms with Crippen LogP contribution in [0.25, 0.3) is 0 Å². The summed E-state index contributed by atoms with van der Waals surface area (Å²) in [6.07, 6.45) is 5.18. The van der Waals surface area contributed by atoms with Crippen LogP contribution in [0.1, 0.15) is 59.8 Å². The molecule has 20 heavy (non-hydrogen) atoms. The number of amides is 2. The zero-order valence-corrected chi connectivity index (χ0v) is 13.5. The SMILES string of the molecule is CCCCCNC(=O)C1CCCN(C(=O)C(C)(C)C)C1. The Labute approximate surface area is 123 Å². The molecule has 1 aliphatic rings.